The molecule has 1 aromatic carbocycles. The van der Waals surface area contributed by atoms with E-state index in [0.717, 1.165) is 6.20 Å². The molecule has 0 aliphatic carbocycles. The van der Waals surface area contributed by atoms with Crippen molar-refractivity contribution in [1.82, 2.24) is 4.98 Å². The molecule has 1 heterocycles. The SMILES string of the molecule is O=C(O)c1cccc(Cl)c1CCS(=O)(=O)c1ncc(Cl)cc1C(F)(F)F. The van der Waals surface area contributed by atoms with Crippen LogP contribution in [0.25, 0.3) is 0 Å². The van der Waals surface area contributed by atoms with Crippen LogP contribution in [-0.4, -0.2) is 30.2 Å². The number of pyridine rings is 1. The standard InChI is InChI=1S/C15H10Cl2F3NO4S/c16-8-6-11(15(18,19)20)13(21-7-8)26(24,25)5-4-9-10(14(22)23)2-1-3-12(9)17/h1-3,6-7H,4-5H2,(H,22,23). The molecule has 0 unspecified atom stereocenters. The van der Waals surface area contributed by atoms with Crippen LogP contribution < -0.4 is 0 Å². The minimum atomic E-state index is -4.98. The fraction of sp³-hybridized carbons (Fsp3) is 0.200. The molecule has 2 rings (SSSR count). The predicted molar refractivity (Wildman–Crippen MR) is 88.4 cm³/mol. The molecule has 26 heavy (non-hydrogen) atoms. The third kappa shape index (κ3) is 4.46. The summed E-state index contributed by atoms with van der Waals surface area (Å²) in [7, 11) is -4.49. The largest absolute Gasteiger partial charge is 0.478 e. The summed E-state index contributed by atoms with van der Waals surface area (Å²) in [6, 6.07) is 4.42. The van der Waals surface area contributed by atoms with Gasteiger partial charge in [-0.25, -0.2) is 18.2 Å². The number of hydrogen-bond acceptors (Lipinski definition) is 4. The van der Waals surface area contributed by atoms with Crippen LogP contribution in [-0.2, 0) is 22.4 Å². The van der Waals surface area contributed by atoms with Gasteiger partial charge in [-0.3, -0.25) is 0 Å². The van der Waals surface area contributed by atoms with E-state index in [0.29, 0.717) is 6.07 Å². The summed E-state index contributed by atoms with van der Waals surface area (Å²) in [5.74, 6) is -2.14. The van der Waals surface area contributed by atoms with Crippen molar-refractivity contribution in [1.29, 1.82) is 0 Å². The normalized spacial score (nSPS) is 12.2. The predicted octanol–water partition coefficient (Wildman–Crippen LogP) is 4.12. The van der Waals surface area contributed by atoms with Crippen molar-refractivity contribution in [3.05, 3.63) is 57.2 Å². The van der Waals surface area contributed by atoms with Crippen LogP contribution in [0.2, 0.25) is 10.0 Å². The molecule has 0 fully saturated rings. The Balaban J connectivity index is 2.42. The van der Waals surface area contributed by atoms with Gasteiger partial charge in [0, 0.05) is 11.2 Å². The quantitative estimate of drug-likeness (QED) is 0.775. The summed E-state index contributed by atoms with van der Waals surface area (Å²) < 4.78 is 64.0. The van der Waals surface area contributed by atoms with Crippen LogP contribution >= 0.6 is 23.2 Å². The van der Waals surface area contributed by atoms with Gasteiger partial charge in [-0.1, -0.05) is 29.3 Å². The maximum Gasteiger partial charge on any atom is 0.419 e. The highest BCUT2D eigenvalue weighted by molar-refractivity contribution is 7.91. The molecular formula is C15H10Cl2F3NO4S. The van der Waals surface area contributed by atoms with Gasteiger partial charge in [0.15, 0.2) is 14.9 Å². The van der Waals surface area contributed by atoms with Gasteiger partial charge >= 0.3 is 12.1 Å². The van der Waals surface area contributed by atoms with Crippen LogP contribution in [0.15, 0.2) is 35.5 Å². The van der Waals surface area contributed by atoms with Gasteiger partial charge in [-0.2, -0.15) is 13.2 Å². The van der Waals surface area contributed by atoms with E-state index in [1.54, 1.807) is 0 Å². The van der Waals surface area contributed by atoms with Gasteiger partial charge in [0.2, 0.25) is 0 Å². The number of aromatic carboxylic acids is 1. The summed E-state index contributed by atoms with van der Waals surface area (Å²) in [6.07, 6.45) is -4.58. The molecule has 5 nitrogen and oxygen atoms in total. The van der Waals surface area contributed by atoms with E-state index in [1.807, 2.05) is 0 Å². The minimum absolute atomic E-state index is 0.000195. The number of benzene rings is 1. The molecule has 0 saturated heterocycles. The van der Waals surface area contributed by atoms with Crippen molar-refractivity contribution >= 4 is 39.0 Å². The second-order valence-corrected chi connectivity index (χ2v) is 8.01. The van der Waals surface area contributed by atoms with Gasteiger partial charge in [0.05, 0.1) is 21.9 Å². The number of alkyl halides is 3. The highest BCUT2D eigenvalue weighted by Crippen LogP contribution is 2.35. The molecule has 1 N–H and O–H groups in total. The molecule has 0 saturated carbocycles. The number of aromatic nitrogens is 1. The number of carbonyl (C=O) groups is 1. The van der Waals surface area contributed by atoms with Gasteiger partial charge in [-0.05, 0) is 30.2 Å². The molecule has 0 aliphatic heterocycles. The van der Waals surface area contributed by atoms with E-state index in [-0.39, 0.29) is 21.2 Å². The molecule has 0 atom stereocenters. The third-order valence-corrected chi connectivity index (χ3v) is 5.60. The van der Waals surface area contributed by atoms with Crippen LogP contribution in [0, 0.1) is 0 Å². The number of hydrogen-bond donors (Lipinski definition) is 1. The number of halogens is 5. The number of carboxylic acids is 1. The topological polar surface area (TPSA) is 84.3 Å². The lowest BCUT2D eigenvalue weighted by atomic mass is 10.1. The van der Waals surface area contributed by atoms with E-state index >= 15 is 0 Å². The summed E-state index contributed by atoms with van der Waals surface area (Å²) >= 11 is 11.4. The van der Waals surface area contributed by atoms with Crippen LogP contribution in [0.4, 0.5) is 13.2 Å². The van der Waals surface area contributed by atoms with Crippen molar-refractivity contribution < 1.29 is 31.5 Å². The summed E-state index contributed by atoms with van der Waals surface area (Å²) in [4.78, 5) is 14.5. The summed E-state index contributed by atoms with van der Waals surface area (Å²) in [5.41, 5.74) is -1.71. The Morgan fingerprint density at radius 2 is 1.88 bits per heavy atom. The van der Waals surface area contributed by atoms with Gasteiger partial charge < -0.3 is 5.11 Å². The monoisotopic (exact) mass is 427 g/mol. The Morgan fingerprint density at radius 3 is 2.46 bits per heavy atom. The number of carboxylic acid groups (broad SMARTS) is 1. The minimum Gasteiger partial charge on any atom is -0.478 e. The number of nitrogens with zero attached hydrogens (tertiary/aromatic N) is 1. The Labute approximate surface area is 156 Å². The third-order valence-electron chi connectivity index (χ3n) is 3.39. The zero-order chi connectivity index (χ0) is 19.7. The first-order chi connectivity index (χ1) is 11.9. The second-order valence-electron chi connectivity index (χ2n) is 5.14. The number of sulfone groups is 1. The lowest BCUT2D eigenvalue weighted by molar-refractivity contribution is -0.140. The Bertz CT molecular complexity index is 962. The first-order valence-corrected chi connectivity index (χ1v) is 9.30. The maximum absolute atomic E-state index is 13.1. The average molecular weight is 428 g/mol. The second kappa shape index (κ2) is 7.42. The highest BCUT2D eigenvalue weighted by atomic mass is 35.5. The summed E-state index contributed by atoms with van der Waals surface area (Å²) in [6.45, 7) is 0. The van der Waals surface area contributed by atoms with Crippen molar-refractivity contribution in [2.45, 2.75) is 17.6 Å². The zero-order valence-electron chi connectivity index (χ0n) is 12.7. The lowest BCUT2D eigenvalue weighted by Crippen LogP contribution is -2.19. The van der Waals surface area contributed by atoms with Crippen molar-refractivity contribution in [3.8, 4) is 0 Å². The number of rotatable bonds is 5. The Kier molecular flexibility index (Phi) is 5.84. The van der Waals surface area contributed by atoms with E-state index < -0.39 is 44.7 Å². The van der Waals surface area contributed by atoms with E-state index in [4.69, 9.17) is 28.3 Å². The Hall–Kier alpha value is -1.84. The fourth-order valence-electron chi connectivity index (χ4n) is 2.22. The molecule has 0 aliphatic rings. The molecule has 0 spiro atoms. The first kappa shape index (κ1) is 20.5. The lowest BCUT2D eigenvalue weighted by Gasteiger charge is -2.13. The molecule has 11 heteroatoms. The molecule has 1 aromatic heterocycles. The van der Waals surface area contributed by atoms with Crippen LogP contribution in [0.1, 0.15) is 21.5 Å². The van der Waals surface area contributed by atoms with Crippen molar-refractivity contribution in [3.63, 3.8) is 0 Å². The molecule has 0 bridgehead atoms. The highest BCUT2D eigenvalue weighted by Gasteiger charge is 2.38. The molecular weight excluding hydrogens is 418 g/mol. The Morgan fingerprint density at radius 1 is 1.23 bits per heavy atom. The van der Waals surface area contributed by atoms with E-state index in [9.17, 15) is 26.4 Å². The van der Waals surface area contributed by atoms with Gasteiger partial charge in [-0.15, -0.1) is 0 Å². The van der Waals surface area contributed by atoms with Gasteiger partial charge in [0.25, 0.3) is 0 Å². The van der Waals surface area contributed by atoms with Crippen molar-refractivity contribution in [2.24, 2.45) is 0 Å². The zero-order valence-corrected chi connectivity index (χ0v) is 15.0. The van der Waals surface area contributed by atoms with E-state index in [1.165, 1.54) is 18.2 Å². The molecule has 0 amide bonds. The molecule has 0 radical (unpaired) electrons. The molecule has 2 aromatic rings. The van der Waals surface area contributed by atoms with Crippen molar-refractivity contribution in [2.75, 3.05) is 5.75 Å². The maximum atomic E-state index is 13.1. The van der Waals surface area contributed by atoms with Gasteiger partial charge in [0.1, 0.15) is 0 Å². The molecule has 140 valence electrons. The van der Waals surface area contributed by atoms with E-state index in [2.05, 4.69) is 4.98 Å². The smallest absolute Gasteiger partial charge is 0.419 e. The average Bonchev–Trinajstić information content (AvgIpc) is 2.52. The first-order valence-electron chi connectivity index (χ1n) is 6.89. The van der Waals surface area contributed by atoms with Crippen LogP contribution in [0.3, 0.4) is 0 Å². The fourth-order valence-corrected chi connectivity index (χ4v) is 4.04. The summed E-state index contributed by atoms with van der Waals surface area (Å²) in [5, 5.41) is 7.60. The van der Waals surface area contributed by atoms with Crippen LogP contribution in [0.5, 0.6) is 0 Å².